The molecule has 0 spiro atoms. The van der Waals surface area contributed by atoms with Gasteiger partial charge in [0.25, 0.3) is 10.0 Å². The standard InChI is InChI=1S/C55H78N12O16S/c1-32(2)25-40(66-55(80)83-31-36-15-10-7-11-16-36)47(72)59-28-46(71)60-42(27-35-13-8-6-9-14-35)51(76)63-41(26-33(3)4)50(75)62-39(22-23-45(56)70)49(74)61-38(48(73)64-43(29-68)52(77)65-44(30-69)53(78)79)17-12-24-58-54(57)67-84(81,82)37-20-18-34(5)19-21-37/h6-11,13-16,18-21,32-33,38-44,68-69H,12,17,22-31H2,1-5H3,(H2,56,70)(H,59,72)(H,60,71)(H,61,74)(H,62,75)(H,63,76)(H,64,73)(H,65,77)(H,66,80)(H,78,79)(H3,57,58,67)/t38-,39-,40-,41-,42-,43-,44-/m0/s1. The van der Waals surface area contributed by atoms with Crippen LogP contribution in [-0.2, 0) is 70.9 Å². The fourth-order valence-corrected chi connectivity index (χ4v) is 8.87. The maximum Gasteiger partial charge on any atom is 0.408 e. The summed E-state index contributed by atoms with van der Waals surface area (Å²) in [6.07, 6.45) is -2.30. The molecule has 3 aromatic carbocycles. The number of hydrogen-bond donors (Lipinski definition) is 14. The highest BCUT2D eigenvalue weighted by Gasteiger charge is 2.34. The zero-order valence-corrected chi connectivity index (χ0v) is 48.2. The minimum absolute atomic E-state index is 0.0543. The molecular weight excluding hydrogens is 1120 g/mol. The van der Waals surface area contributed by atoms with Gasteiger partial charge in [-0.1, -0.05) is 106 Å². The number of guanidine groups is 1. The molecule has 0 radical (unpaired) electrons. The summed E-state index contributed by atoms with van der Waals surface area (Å²) < 4.78 is 33.2. The van der Waals surface area contributed by atoms with E-state index in [4.69, 9.17) is 16.2 Å². The van der Waals surface area contributed by atoms with Gasteiger partial charge in [0.1, 0.15) is 48.9 Å². The Kier molecular flexibility index (Phi) is 29.3. The molecule has 0 saturated carbocycles. The number of hydrogen-bond acceptors (Lipinski definition) is 16. The highest BCUT2D eigenvalue weighted by Crippen LogP contribution is 2.13. The number of aliphatic imine (C=N–C) groups is 1. The van der Waals surface area contributed by atoms with E-state index in [1.165, 1.54) is 12.1 Å². The number of aliphatic hydroxyl groups excluding tert-OH is 2. The maximum atomic E-state index is 14.3. The van der Waals surface area contributed by atoms with Gasteiger partial charge in [0.2, 0.25) is 53.2 Å². The van der Waals surface area contributed by atoms with Crippen LogP contribution in [0.25, 0.3) is 0 Å². The molecule has 9 amide bonds. The quantitative estimate of drug-likeness (QED) is 0.0178. The Bertz CT molecular complexity index is 2840. The van der Waals surface area contributed by atoms with Crippen LogP contribution in [-0.4, -0.2) is 158 Å². The van der Waals surface area contributed by atoms with Crippen molar-refractivity contribution in [3.8, 4) is 0 Å². The van der Waals surface area contributed by atoms with Gasteiger partial charge in [-0.2, -0.15) is 0 Å². The first-order valence-corrected chi connectivity index (χ1v) is 28.4. The number of amides is 9. The number of ether oxygens (including phenoxy) is 1. The number of carboxylic acid groups (broad SMARTS) is 1. The van der Waals surface area contributed by atoms with Crippen LogP contribution >= 0.6 is 0 Å². The normalized spacial score (nSPS) is 13.9. The van der Waals surface area contributed by atoms with Crippen LogP contribution in [0.3, 0.4) is 0 Å². The van der Waals surface area contributed by atoms with Crippen molar-refractivity contribution in [2.75, 3.05) is 26.3 Å². The summed E-state index contributed by atoms with van der Waals surface area (Å²) in [6, 6.07) is 12.3. The van der Waals surface area contributed by atoms with Gasteiger partial charge in [-0.3, -0.25) is 43.3 Å². The molecule has 0 aromatic heterocycles. The number of nitrogens with one attached hydrogen (secondary N) is 9. The number of primary amides is 1. The number of aliphatic carboxylic acids is 1. The van der Waals surface area contributed by atoms with Crippen molar-refractivity contribution in [1.82, 2.24) is 47.3 Å². The predicted molar refractivity (Wildman–Crippen MR) is 305 cm³/mol. The summed E-state index contributed by atoms with van der Waals surface area (Å²) in [6.45, 7) is 5.74. The lowest BCUT2D eigenvalue weighted by Crippen LogP contribution is -2.60. The summed E-state index contributed by atoms with van der Waals surface area (Å²) in [5.41, 5.74) is 13.4. The van der Waals surface area contributed by atoms with Gasteiger partial charge < -0.3 is 74.1 Å². The van der Waals surface area contributed by atoms with Crippen LogP contribution in [0.1, 0.15) is 82.9 Å². The molecule has 16 N–H and O–H groups in total. The number of alkyl carbamates (subject to hydrolysis) is 1. The van der Waals surface area contributed by atoms with E-state index >= 15 is 0 Å². The Morgan fingerprint density at radius 2 is 1.05 bits per heavy atom. The molecule has 0 bridgehead atoms. The second-order valence-electron chi connectivity index (χ2n) is 20.4. The van der Waals surface area contributed by atoms with E-state index in [0.717, 1.165) is 5.56 Å². The minimum atomic E-state index is -4.17. The predicted octanol–water partition coefficient (Wildman–Crippen LogP) is -1.64. The summed E-state index contributed by atoms with van der Waals surface area (Å²) in [5, 5.41) is 48.2. The molecule has 0 aliphatic rings. The van der Waals surface area contributed by atoms with Gasteiger partial charge in [0.05, 0.1) is 24.7 Å². The number of carbonyl (C=O) groups excluding carboxylic acids is 9. The number of carboxylic acids is 1. The molecule has 0 fully saturated rings. The summed E-state index contributed by atoms with van der Waals surface area (Å²) in [4.78, 5) is 137. The van der Waals surface area contributed by atoms with Crippen molar-refractivity contribution in [2.45, 2.75) is 133 Å². The number of aryl methyl sites for hydroxylation is 1. The van der Waals surface area contributed by atoms with E-state index in [1.807, 2.05) is 19.2 Å². The molecule has 460 valence electrons. The van der Waals surface area contributed by atoms with Crippen molar-refractivity contribution in [2.24, 2.45) is 28.3 Å². The lowest BCUT2D eigenvalue weighted by molar-refractivity contribution is -0.143. The maximum absolute atomic E-state index is 14.3. The Hall–Kier alpha value is -8.70. The Morgan fingerprint density at radius 3 is 1.58 bits per heavy atom. The molecule has 3 aromatic rings. The molecule has 0 aliphatic heterocycles. The number of carbonyl (C=O) groups is 10. The number of sulfonamides is 1. The molecule has 3 rings (SSSR count). The third kappa shape index (κ3) is 25.6. The van der Waals surface area contributed by atoms with Crippen molar-refractivity contribution in [3.05, 3.63) is 102 Å². The van der Waals surface area contributed by atoms with Crippen LogP contribution in [0.4, 0.5) is 4.79 Å². The van der Waals surface area contributed by atoms with Crippen LogP contribution in [0.5, 0.6) is 0 Å². The zero-order chi connectivity index (χ0) is 62.5. The molecule has 0 unspecified atom stereocenters. The number of aliphatic hydroxyl groups is 2. The largest absolute Gasteiger partial charge is 0.480 e. The van der Waals surface area contributed by atoms with E-state index in [2.05, 4.69) is 46.9 Å². The first-order chi connectivity index (χ1) is 39.7. The molecule has 0 heterocycles. The average molecular weight is 1200 g/mol. The summed E-state index contributed by atoms with van der Waals surface area (Å²) >= 11 is 0. The minimum Gasteiger partial charge on any atom is -0.480 e. The lowest BCUT2D eigenvalue weighted by atomic mass is 10.00. The van der Waals surface area contributed by atoms with Gasteiger partial charge >= 0.3 is 12.1 Å². The van der Waals surface area contributed by atoms with Gasteiger partial charge in [-0.15, -0.1) is 0 Å². The van der Waals surface area contributed by atoms with Gasteiger partial charge in [-0.25, -0.2) is 22.7 Å². The molecule has 29 heteroatoms. The number of benzene rings is 3. The van der Waals surface area contributed by atoms with E-state index in [0.29, 0.717) is 11.1 Å². The van der Waals surface area contributed by atoms with Crippen LogP contribution in [0.2, 0.25) is 0 Å². The van der Waals surface area contributed by atoms with Crippen molar-refractivity contribution in [1.29, 1.82) is 0 Å². The summed E-state index contributed by atoms with van der Waals surface area (Å²) in [7, 11) is -4.17. The molecule has 28 nitrogen and oxygen atoms in total. The molecule has 0 aliphatic carbocycles. The van der Waals surface area contributed by atoms with Crippen molar-refractivity contribution >= 4 is 75.3 Å². The van der Waals surface area contributed by atoms with E-state index in [1.54, 1.807) is 93.6 Å². The lowest BCUT2D eigenvalue weighted by Gasteiger charge is -2.28. The highest BCUT2D eigenvalue weighted by atomic mass is 32.2. The third-order valence-electron chi connectivity index (χ3n) is 12.3. The third-order valence-corrected chi connectivity index (χ3v) is 13.7. The Balaban J connectivity index is 1.87. The van der Waals surface area contributed by atoms with E-state index in [9.17, 15) is 71.7 Å². The second-order valence-corrected chi connectivity index (χ2v) is 22.1. The highest BCUT2D eigenvalue weighted by molar-refractivity contribution is 7.90. The molecule has 7 atom stereocenters. The Labute approximate surface area is 486 Å². The van der Waals surface area contributed by atoms with Crippen molar-refractivity contribution in [3.63, 3.8) is 0 Å². The fraction of sp³-hybridized carbons (Fsp3) is 0.473. The van der Waals surface area contributed by atoms with Crippen molar-refractivity contribution < 1.29 is 76.4 Å². The van der Waals surface area contributed by atoms with E-state index in [-0.39, 0.29) is 62.0 Å². The van der Waals surface area contributed by atoms with Gasteiger partial charge in [0.15, 0.2) is 0 Å². The average Bonchev–Trinajstić information content (AvgIpc) is 3.66. The second kappa shape index (κ2) is 35.3. The van der Waals surface area contributed by atoms with Crippen LogP contribution in [0, 0.1) is 18.8 Å². The monoisotopic (exact) mass is 1190 g/mol. The first-order valence-electron chi connectivity index (χ1n) is 26.9. The fourth-order valence-electron chi connectivity index (χ4n) is 7.91. The molecule has 84 heavy (non-hydrogen) atoms. The number of nitrogens with zero attached hydrogens (tertiary/aromatic N) is 1. The topological polar surface area (TPSA) is 447 Å². The van der Waals surface area contributed by atoms with Crippen LogP contribution < -0.4 is 58.7 Å². The molecule has 0 saturated heterocycles. The smallest absolute Gasteiger partial charge is 0.408 e. The number of nitrogens with two attached hydrogens (primary N) is 2. The zero-order valence-electron chi connectivity index (χ0n) is 47.4. The van der Waals surface area contributed by atoms with Crippen LogP contribution in [0.15, 0.2) is 94.8 Å². The first kappa shape index (κ1) is 69.6. The summed E-state index contributed by atoms with van der Waals surface area (Å²) in [5.74, 6) is -10.3. The molecular formula is C55H78N12O16S. The van der Waals surface area contributed by atoms with Gasteiger partial charge in [-0.05, 0) is 74.1 Å². The van der Waals surface area contributed by atoms with Gasteiger partial charge in [0, 0.05) is 19.4 Å². The number of rotatable bonds is 35. The van der Waals surface area contributed by atoms with E-state index < -0.39 is 150 Å². The SMILES string of the molecule is Cc1ccc(S(=O)(=O)NC(N)=NCCC[C@H](NC(=O)[C@H](CCC(N)=O)NC(=O)[C@H](CC(C)C)NC(=O)[C@H](Cc2ccccc2)NC(=O)CNC(=O)[C@H](CC(C)C)NC(=O)OCc2ccccc2)C(=O)N[C@@H](CO)C(=O)N[C@@H](CO)C(=O)O)cc1. The Morgan fingerprint density at radius 1 is 0.571 bits per heavy atom.